The van der Waals surface area contributed by atoms with Crippen molar-refractivity contribution < 1.29 is 19.4 Å². The quantitative estimate of drug-likeness (QED) is 0.705. The number of rotatable bonds is 7. The lowest BCUT2D eigenvalue weighted by Crippen LogP contribution is -2.38. The molecule has 1 aliphatic rings. The van der Waals surface area contributed by atoms with Crippen LogP contribution in [-0.4, -0.2) is 37.2 Å². The summed E-state index contributed by atoms with van der Waals surface area (Å²) in [7, 11) is 1.50. The van der Waals surface area contributed by atoms with Gasteiger partial charge in [0.2, 0.25) is 5.91 Å². The maximum atomic E-state index is 11.5. The number of amides is 1. The number of ether oxygens (including phenoxy) is 1. The number of allylic oxidation sites excluding steroid dienone is 1. The van der Waals surface area contributed by atoms with E-state index < -0.39 is 5.97 Å². The van der Waals surface area contributed by atoms with E-state index in [-0.39, 0.29) is 30.8 Å². The van der Waals surface area contributed by atoms with E-state index in [9.17, 15) is 9.59 Å². The predicted molar refractivity (Wildman–Crippen MR) is 80.8 cm³/mol. The Hall–Kier alpha value is -1.36. The summed E-state index contributed by atoms with van der Waals surface area (Å²) in [5, 5.41) is 11.9. The van der Waals surface area contributed by atoms with Crippen molar-refractivity contribution in [2.24, 2.45) is 23.7 Å². The fourth-order valence-corrected chi connectivity index (χ4v) is 3.13. The van der Waals surface area contributed by atoms with Gasteiger partial charge in [0.05, 0.1) is 6.42 Å². The zero-order valence-electron chi connectivity index (χ0n) is 13.4. The second kappa shape index (κ2) is 8.17. The van der Waals surface area contributed by atoms with Gasteiger partial charge in [-0.25, -0.2) is 0 Å². The Kier molecular flexibility index (Phi) is 6.89. The SMILES string of the molecule is COCC(=O)NCC1C=C(C)C(CC(=O)O)CC1C(C)C. The molecule has 0 bridgehead atoms. The topological polar surface area (TPSA) is 75.6 Å². The Bertz CT molecular complexity index is 403. The minimum Gasteiger partial charge on any atom is -0.481 e. The lowest BCUT2D eigenvalue weighted by molar-refractivity contribution is -0.138. The highest BCUT2D eigenvalue weighted by molar-refractivity contribution is 5.77. The zero-order valence-corrected chi connectivity index (χ0v) is 13.4. The zero-order chi connectivity index (χ0) is 16.0. The van der Waals surface area contributed by atoms with Gasteiger partial charge >= 0.3 is 5.97 Å². The fourth-order valence-electron chi connectivity index (χ4n) is 3.13. The molecule has 21 heavy (non-hydrogen) atoms. The second-order valence-corrected chi connectivity index (χ2v) is 6.25. The number of nitrogens with one attached hydrogen (secondary N) is 1. The van der Waals surface area contributed by atoms with E-state index in [0.29, 0.717) is 18.4 Å². The van der Waals surface area contributed by atoms with Gasteiger partial charge in [0.1, 0.15) is 6.61 Å². The smallest absolute Gasteiger partial charge is 0.303 e. The summed E-state index contributed by atoms with van der Waals surface area (Å²) in [6.07, 6.45) is 3.21. The molecule has 120 valence electrons. The lowest BCUT2D eigenvalue weighted by Gasteiger charge is -2.36. The molecule has 0 aromatic rings. The highest BCUT2D eigenvalue weighted by Crippen LogP contribution is 2.38. The highest BCUT2D eigenvalue weighted by atomic mass is 16.5. The fraction of sp³-hybridized carbons (Fsp3) is 0.750. The predicted octanol–water partition coefficient (Wildman–Crippen LogP) is 2.08. The third kappa shape index (κ3) is 5.50. The van der Waals surface area contributed by atoms with E-state index in [4.69, 9.17) is 9.84 Å². The molecule has 0 spiro atoms. The number of carboxylic acid groups (broad SMARTS) is 1. The number of hydrogen-bond acceptors (Lipinski definition) is 3. The molecule has 2 N–H and O–H groups in total. The lowest BCUT2D eigenvalue weighted by atomic mass is 9.70. The molecule has 0 radical (unpaired) electrons. The third-order valence-electron chi connectivity index (χ3n) is 4.32. The Balaban J connectivity index is 2.73. The van der Waals surface area contributed by atoms with E-state index in [1.807, 2.05) is 6.92 Å². The van der Waals surface area contributed by atoms with E-state index in [1.165, 1.54) is 7.11 Å². The van der Waals surface area contributed by atoms with Crippen LogP contribution < -0.4 is 5.32 Å². The highest BCUT2D eigenvalue weighted by Gasteiger charge is 2.32. The third-order valence-corrected chi connectivity index (χ3v) is 4.32. The molecule has 0 aromatic carbocycles. The largest absolute Gasteiger partial charge is 0.481 e. The molecule has 0 heterocycles. The van der Waals surface area contributed by atoms with Crippen molar-refractivity contribution >= 4 is 11.9 Å². The minimum atomic E-state index is -0.748. The van der Waals surface area contributed by atoms with Gasteiger partial charge in [-0.2, -0.15) is 0 Å². The van der Waals surface area contributed by atoms with Crippen LogP contribution >= 0.6 is 0 Å². The Morgan fingerprint density at radius 1 is 1.48 bits per heavy atom. The van der Waals surface area contributed by atoms with Crippen LogP contribution in [0.15, 0.2) is 11.6 Å². The van der Waals surface area contributed by atoms with Gasteiger partial charge in [-0.1, -0.05) is 25.5 Å². The van der Waals surface area contributed by atoms with Crippen LogP contribution in [0.1, 0.15) is 33.6 Å². The molecular formula is C16H27NO4. The van der Waals surface area contributed by atoms with Crippen LogP contribution in [0.5, 0.6) is 0 Å². The maximum Gasteiger partial charge on any atom is 0.303 e. The van der Waals surface area contributed by atoms with E-state index in [2.05, 4.69) is 25.2 Å². The Labute approximate surface area is 126 Å². The van der Waals surface area contributed by atoms with Crippen molar-refractivity contribution in [3.05, 3.63) is 11.6 Å². The molecule has 1 amide bonds. The van der Waals surface area contributed by atoms with Gasteiger partial charge in [-0.15, -0.1) is 0 Å². The van der Waals surface area contributed by atoms with Crippen LogP contribution in [0.4, 0.5) is 0 Å². The molecule has 0 aromatic heterocycles. The van der Waals surface area contributed by atoms with Crippen LogP contribution in [0, 0.1) is 23.7 Å². The molecule has 0 fully saturated rings. The molecule has 5 nitrogen and oxygen atoms in total. The first-order valence-corrected chi connectivity index (χ1v) is 7.50. The molecule has 1 rings (SSSR count). The van der Waals surface area contributed by atoms with Gasteiger partial charge in [0.15, 0.2) is 0 Å². The second-order valence-electron chi connectivity index (χ2n) is 6.25. The molecule has 1 aliphatic carbocycles. The summed E-state index contributed by atoms with van der Waals surface area (Å²) in [4.78, 5) is 22.5. The van der Waals surface area contributed by atoms with Crippen LogP contribution in [-0.2, 0) is 14.3 Å². The molecule has 0 saturated carbocycles. The van der Waals surface area contributed by atoms with E-state index in [1.54, 1.807) is 0 Å². The summed E-state index contributed by atoms with van der Waals surface area (Å²) in [5.41, 5.74) is 1.13. The first-order chi connectivity index (χ1) is 9.85. The molecule has 0 aliphatic heterocycles. The van der Waals surface area contributed by atoms with Crippen molar-refractivity contribution in [1.82, 2.24) is 5.32 Å². The molecular weight excluding hydrogens is 270 g/mol. The minimum absolute atomic E-state index is 0.0728. The standard InChI is InChI=1S/C16H27NO4/c1-10(2)14-6-12(7-16(19)20)11(3)5-13(14)8-17-15(18)9-21-4/h5,10,12-14H,6-9H2,1-4H3,(H,17,18)(H,19,20). The van der Waals surface area contributed by atoms with Crippen molar-refractivity contribution in [1.29, 1.82) is 0 Å². The van der Waals surface area contributed by atoms with E-state index >= 15 is 0 Å². The van der Waals surface area contributed by atoms with Crippen LogP contribution in [0.2, 0.25) is 0 Å². The number of hydrogen-bond donors (Lipinski definition) is 2. The Morgan fingerprint density at radius 3 is 2.67 bits per heavy atom. The average Bonchev–Trinajstić information content (AvgIpc) is 2.38. The van der Waals surface area contributed by atoms with Gasteiger partial charge in [0.25, 0.3) is 0 Å². The van der Waals surface area contributed by atoms with Crippen molar-refractivity contribution in [2.45, 2.75) is 33.6 Å². The monoisotopic (exact) mass is 297 g/mol. The normalized spacial score (nSPS) is 25.6. The summed E-state index contributed by atoms with van der Waals surface area (Å²) in [5.74, 6) is 0.355. The summed E-state index contributed by atoms with van der Waals surface area (Å²) in [6.45, 7) is 6.96. The number of methoxy groups -OCH3 is 1. The molecule has 3 atom stereocenters. The average molecular weight is 297 g/mol. The van der Waals surface area contributed by atoms with Gasteiger partial charge < -0.3 is 15.2 Å². The summed E-state index contributed by atoms with van der Waals surface area (Å²) < 4.78 is 4.81. The van der Waals surface area contributed by atoms with Gasteiger partial charge in [-0.05, 0) is 37.0 Å². The molecule has 3 unspecified atom stereocenters. The van der Waals surface area contributed by atoms with E-state index in [0.717, 1.165) is 12.0 Å². The van der Waals surface area contributed by atoms with Crippen molar-refractivity contribution in [3.8, 4) is 0 Å². The summed E-state index contributed by atoms with van der Waals surface area (Å²) >= 11 is 0. The molecule has 5 heteroatoms. The van der Waals surface area contributed by atoms with Gasteiger partial charge in [0, 0.05) is 13.7 Å². The molecule has 0 saturated heterocycles. The Morgan fingerprint density at radius 2 is 2.14 bits per heavy atom. The number of carboxylic acids is 1. The number of carbonyl (C=O) groups excluding carboxylic acids is 1. The first-order valence-electron chi connectivity index (χ1n) is 7.50. The summed E-state index contributed by atoms with van der Waals surface area (Å²) in [6, 6.07) is 0. The van der Waals surface area contributed by atoms with Gasteiger partial charge in [-0.3, -0.25) is 9.59 Å². The maximum absolute atomic E-state index is 11.5. The van der Waals surface area contributed by atoms with Crippen molar-refractivity contribution in [2.75, 3.05) is 20.3 Å². The van der Waals surface area contributed by atoms with Crippen LogP contribution in [0.25, 0.3) is 0 Å². The number of carbonyl (C=O) groups is 2. The first kappa shape index (κ1) is 17.7. The van der Waals surface area contributed by atoms with Crippen LogP contribution in [0.3, 0.4) is 0 Å². The van der Waals surface area contributed by atoms with Crippen molar-refractivity contribution in [3.63, 3.8) is 0 Å². The number of aliphatic carboxylic acids is 1.